The van der Waals surface area contributed by atoms with Gasteiger partial charge >= 0.3 is 0 Å². The van der Waals surface area contributed by atoms with Crippen molar-refractivity contribution in [1.29, 1.82) is 0 Å². The molecule has 2 heterocycles. The summed E-state index contributed by atoms with van der Waals surface area (Å²) in [5.74, 6) is 0. The van der Waals surface area contributed by atoms with E-state index in [9.17, 15) is 5.11 Å². The summed E-state index contributed by atoms with van der Waals surface area (Å²) in [5.41, 5.74) is 2.66. The molecule has 0 saturated carbocycles. The highest BCUT2D eigenvalue weighted by molar-refractivity contribution is 9.10. The molecule has 108 valence electrons. The van der Waals surface area contributed by atoms with E-state index in [2.05, 4.69) is 31.3 Å². The van der Waals surface area contributed by atoms with Gasteiger partial charge in [-0.3, -0.25) is 9.67 Å². The van der Waals surface area contributed by atoms with Gasteiger partial charge in [-0.15, -0.1) is 0 Å². The molecule has 0 saturated heterocycles. The van der Waals surface area contributed by atoms with Crippen LogP contribution in [-0.2, 0) is 7.05 Å². The minimum atomic E-state index is -0.603. The van der Waals surface area contributed by atoms with E-state index in [1.165, 1.54) is 0 Å². The second-order valence-electron chi connectivity index (χ2n) is 4.86. The summed E-state index contributed by atoms with van der Waals surface area (Å²) in [4.78, 5) is 4.33. The molecule has 0 fully saturated rings. The van der Waals surface area contributed by atoms with Crippen molar-refractivity contribution < 1.29 is 5.11 Å². The highest BCUT2D eigenvalue weighted by Crippen LogP contribution is 2.25. The van der Waals surface area contributed by atoms with E-state index in [1.807, 2.05) is 37.5 Å². The van der Waals surface area contributed by atoms with Crippen LogP contribution in [0.15, 0.2) is 47.3 Å². The number of nitrogens with one attached hydrogen (secondary N) is 1. The molecule has 21 heavy (non-hydrogen) atoms. The van der Waals surface area contributed by atoms with Crippen LogP contribution in [0.1, 0.15) is 11.7 Å². The maximum atomic E-state index is 10.2. The Hall–Kier alpha value is -1.92. The van der Waals surface area contributed by atoms with Gasteiger partial charge in [0.15, 0.2) is 0 Å². The van der Waals surface area contributed by atoms with E-state index in [1.54, 1.807) is 17.1 Å². The number of nitrogens with zero attached hydrogens (tertiary/aromatic N) is 3. The van der Waals surface area contributed by atoms with Gasteiger partial charge < -0.3 is 10.4 Å². The van der Waals surface area contributed by atoms with Crippen molar-refractivity contribution in [2.75, 3.05) is 11.9 Å². The number of rotatable bonds is 4. The van der Waals surface area contributed by atoms with Crippen LogP contribution in [0.5, 0.6) is 0 Å². The summed E-state index contributed by atoms with van der Waals surface area (Å²) >= 11 is 3.47. The van der Waals surface area contributed by atoms with E-state index in [4.69, 9.17) is 0 Å². The summed E-state index contributed by atoms with van der Waals surface area (Å²) in [5, 5.41) is 18.5. The quantitative estimate of drug-likeness (QED) is 0.762. The van der Waals surface area contributed by atoms with Crippen LogP contribution in [0.4, 0.5) is 5.69 Å². The lowest BCUT2D eigenvalue weighted by molar-refractivity contribution is 0.191. The fraction of sp³-hybridized carbons (Fsp3) is 0.200. The third-order valence-corrected chi connectivity index (χ3v) is 3.79. The Bertz CT molecular complexity index is 771. The van der Waals surface area contributed by atoms with Crippen molar-refractivity contribution in [3.63, 3.8) is 0 Å². The van der Waals surface area contributed by atoms with E-state index in [0.29, 0.717) is 6.54 Å². The maximum absolute atomic E-state index is 10.2. The predicted octanol–water partition coefficient (Wildman–Crippen LogP) is 2.88. The number of aromatic nitrogens is 3. The fourth-order valence-corrected chi connectivity index (χ4v) is 2.57. The highest BCUT2D eigenvalue weighted by atomic mass is 79.9. The number of aryl methyl sites for hydroxylation is 1. The predicted molar refractivity (Wildman–Crippen MR) is 86.1 cm³/mol. The van der Waals surface area contributed by atoms with Gasteiger partial charge in [0.1, 0.15) is 0 Å². The largest absolute Gasteiger partial charge is 0.386 e. The number of aliphatic hydroxyl groups excluding tert-OH is 1. The number of hydrogen-bond acceptors (Lipinski definition) is 4. The van der Waals surface area contributed by atoms with Crippen LogP contribution in [0.2, 0.25) is 0 Å². The average Bonchev–Trinajstić information content (AvgIpc) is 2.91. The molecule has 0 spiro atoms. The molecule has 3 rings (SSSR count). The smallest absolute Gasteiger partial charge is 0.0992 e. The number of pyridine rings is 1. The van der Waals surface area contributed by atoms with Crippen LogP contribution in [-0.4, -0.2) is 26.4 Å². The zero-order chi connectivity index (χ0) is 14.8. The van der Waals surface area contributed by atoms with Crippen molar-refractivity contribution >= 4 is 32.5 Å². The molecule has 6 heteroatoms. The van der Waals surface area contributed by atoms with Crippen LogP contribution in [0, 0.1) is 0 Å². The van der Waals surface area contributed by atoms with Crippen molar-refractivity contribution in [3.05, 3.63) is 52.9 Å². The first-order chi connectivity index (χ1) is 10.1. The third kappa shape index (κ3) is 3.06. The molecule has 2 N–H and O–H groups in total. The Balaban J connectivity index is 1.80. The van der Waals surface area contributed by atoms with Gasteiger partial charge in [-0.25, -0.2) is 0 Å². The lowest BCUT2D eigenvalue weighted by Crippen LogP contribution is -2.12. The number of benzene rings is 1. The summed E-state index contributed by atoms with van der Waals surface area (Å²) in [6.07, 6.45) is 4.64. The number of aliphatic hydroxyl groups is 1. The average molecular weight is 347 g/mol. The molecule has 2 aromatic heterocycles. The molecule has 0 aliphatic rings. The van der Waals surface area contributed by atoms with Crippen molar-refractivity contribution in [1.82, 2.24) is 14.8 Å². The lowest BCUT2D eigenvalue weighted by atomic mass is 10.1. The standard InChI is InChI=1S/C15H15BrN4O/c1-20-9-10(7-19-20)15(21)8-18-14-4-5-17-13-3-2-11(16)6-12(13)14/h2-7,9,15,21H,8H2,1H3,(H,17,18). The van der Waals surface area contributed by atoms with E-state index >= 15 is 0 Å². The maximum Gasteiger partial charge on any atom is 0.0992 e. The van der Waals surface area contributed by atoms with Gasteiger partial charge in [-0.2, -0.15) is 5.10 Å². The van der Waals surface area contributed by atoms with Gasteiger partial charge in [-0.1, -0.05) is 15.9 Å². The molecule has 3 aromatic rings. The minimum absolute atomic E-state index is 0.414. The second-order valence-corrected chi connectivity index (χ2v) is 5.78. The number of anilines is 1. The molecule has 1 atom stereocenters. The van der Waals surface area contributed by atoms with Crippen LogP contribution in [0.3, 0.4) is 0 Å². The zero-order valence-corrected chi connectivity index (χ0v) is 13.1. The van der Waals surface area contributed by atoms with E-state index in [-0.39, 0.29) is 0 Å². The van der Waals surface area contributed by atoms with Crippen LogP contribution < -0.4 is 5.32 Å². The van der Waals surface area contributed by atoms with Crippen molar-refractivity contribution in [2.45, 2.75) is 6.10 Å². The fourth-order valence-electron chi connectivity index (χ4n) is 2.21. The molecule has 0 aliphatic heterocycles. The summed E-state index contributed by atoms with van der Waals surface area (Å²) in [6.45, 7) is 0.414. The van der Waals surface area contributed by atoms with Crippen molar-refractivity contribution in [2.24, 2.45) is 7.05 Å². The van der Waals surface area contributed by atoms with E-state index < -0.39 is 6.10 Å². The monoisotopic (exact) mass is 346 g/mol. The van der Waals surface area contributed by atoms with E-state index in [0.717, 1.165) is 26.6 Å². The molecule has 1 unspecified atom stereocenters. The molecule has 5 nitrogen and oxygen atoms in total. The summed E-state index contributed by atoms with van der Waals surface area (Å²) in [6, 6.07) is 7.84. The Morgan fingerprint density at radius 3 is 3.00 bits per heavy atom. The molecule has 0 aliphatic carbocycles. The Labute approximate surface area is 130 Å². The first kappa shape index (κ1) is 14.0. The lowest BCUT2D eigenvalue weighted by Gasteiger charge is -2.13. The third-order valence-electron chi connectivity index (χ3n) is 3.30. The van der Waals surface area contributed by atoms with Gasteiger partial charge in [0.25, 0.3) is 0 Å². The van der Waals surface area contributed by atoms with Crippen LogP contribution >= 0.6 is 15.9 Å². The first-order valence-electron chi connectivity index (χ1n) is 6.58. The highest BCUT2D eigenvalue weighted by Gasteiger charge is 2.10. The molecule has 1 aromatic carbocycles. The molecule has 0 bridgehead atoms. The SMILES string of the molecule is Cn1cc(C(O)CNc2ccnc3ccc(Br)cc23)cn1. The number of fused-ring (bicyclic) bond motifs is 1. The van der Waals surface area contributed by atoms with Gasteiger partial charge in [0.05, 0.1) is 17.8 Å². The first-order valence-corrected chi connectivity index (χ1v) is 7.37. The molecule has 0 amide bonds. The molecular formula is C15H15BrN4O. The van der Waals surface area contributed by atoms with Gasteiger partial charge in [0.2, 0.25) is 0 Å². The topological polar surface area (TPSA) is 63.0 Å². The van der Waals surface area contributed by atoms with Gasteiger partial charge in [0, 0.05) is 47.1 Å². The molecular weight excluding hydrogens is 332 g/mol. The Morgan fingerprint density at radius 1 is 1.38 bits per heavy atom. The normalized spacial score (nSPS) is 12.5. The zero-order valence-electron chi connectivity index (χ0n) is 11.5. The second kappa shape index (κ2) is 5.83. The van der Waals surface area contributed by atoms with Crippen molar-refractivity contribution in [3.8, 4) is 0 Å². The summed E-state index contributed by atoms with van der Waals surface area (Å²) in [7, 11) is 1.83. The molecule has 0 radical (unpaired) electrons. The summed E-state index contributed by atoms with van der Waals surface area (Å²) < 4.78 is 2.68. The minimum Gasteiger partial charge on any atom is -0.386 e. The van der Waals surface area contributed by atoms with Gasteiger partial charge in [-0.05, 0) is 24.3 Å². The van der Waals surface area contributed by atoms with Crippen LogP contribution in [0.25, 0.3) is 10.9 Å². The number of halogens is 1. The Morgan fingerprint density at radius 2 is 2.24 bits per heavy atom. The number of hydrogen-bond donors (Lipinski definition) is 2. The Kier molecular flexibility index (Phi) is 3.90.